The smallest absolute Gasteiger partial charge is 0.420 e. The largest absolute Gasteiger partial charge is 0.438 e. The zero-order chi connectivity index (χ0) is 28.6. The number of halogens is 5. The number of hydrogen-bond acceptors (Lipinski definition) is 9. The Morgan fingerprint density at radius 2 is 2.05 bits per heavy atom. The van der Waals surface area contributed by atoms with Gasteiger partial charge in [-0.05, 0) is 43.9 Å². The molecule has 0 radical (unpaired) electrons. The molecule has 15 heteroatoms. The Labute approximate surface area is 229 Å². The Hall–Kier alpha value is -3.33. The Balaban J connectivity index is 1.50. The average molecular weight is 586 g/mol. The van der Waals surface area contributed by atoms with Crippen LogP contribution in [0.1, 0.15) is 54.2 Å². The van der Waals surface area contributed by atoms with E-state index in [1.54, 1.807) is 4.90 Å². The predicted molar refractivity (Wildman–Crippen MR) is 133 cm³/mol. The Bertz CT molecular complexity index is 1460. The maximum Gasteiger partial charge on any atom is 0.420 e. The first-order valence-electron chi connectivity index (χ1n) is 12.4. The number of aliphatic hydroxyl groups excluding tert-OH is 2. The van der Waals surface area contributed by atoms with Crippen molar-refractivity contribution in [3.63, 3.8) is 0 Å². The lowest BCUT2D eigenvalue weighted by Gasteiger charge is -2.32. The monoisotopic (exact) mass is 585 g/mol. The quantitative estimate of drug-likeness (QED) is 0.414. The molecule has 1 fully saturated rings. The Morgan fingerprint density at radius 3 is 2.75 bits per heavy atom. The van der Waals surface area contributed by atoms with E-state index in [9.17, 15) is 32.6 Å². The second-order valence-corrected chi connectivity index (χ2v) is 9.72. The Kier molecular flexibility index (Phi) is 7.95. The van der Waals surface area contributed by atoms with Crippen LogP contribution in [-0.4, -0.2) is 49.7 Å². The minimum Gasteiger partial charge on any atom is -0.438 e. The summed E-state index contributed by atoms with van der Waals surface area (Å²) in [5.74, 6) is -2.36. The molecule has 0 spiro atoms. The van der Waals surface area contributed by atoms with Crippen LogP contribution in [0.15, 0.2) is 29.2 Å². The van der Waals surface area contributed by atoms with Crippen molar-refractivity contribution in [3.05, 3.63) is 68.2 Å². The minimum atomic E-state index is -4.92. The highest BCUT2D eigenvalue weighted by molar-refractivity contribution is 6.33. The van der Waals surface area contributed by atoms with E-state index >= 15 is 0 Å². The van der Waals surface area contributed by atoms with Gasteiger partial charge in [0.25, 0.3) is 5.56 Å². The van der Waals surface area contributed by atoms with Gasteiger partial charge in [-0.3, -0.25) is 4.79 Å². The molecule has 3 aromatic rings. The second-order valence-electron chi connectivity index (χ2n) is 9.34. The highest BCUT2D eigenvalue weighted by Crippen LogP contribution is 2.40. The lowest BCUT2D eigenvalue weighted by atomic mass is 10.0. The van der Waals surface area contributed by atoms with Crippen molar-refractivity contribution < 1.29 is 37.2 Å². The van der Waals surface area contributed by atoms with Crippen molar-refractivity contribution in [1.82, 2.24) is 19.7 Å². The summed E-state index contributed by atoms with van der Waals surface area (Å²) in [5, 5.41) is 23.8. The van der Waals surface area contributed by atoms with Crippen LogP contribution in [0.2, 0.25) is 5.02 Å². The molecule has 214 valence electrons. The molecule has 2 aliphatic rings. The molecule has 0 saturated carbocycles. The van der Waals surface area contributed by atoms with Crippen molar-refractivity contribution in [2.45, 2.75) is 50.7 Å². The number of rotatable bonds is 6. The van der Waals surface area contributed by atoms with Crippen LogP contribution < -0.4 is 15.2 Å². The molecule has 10 nitrogen and oxygen atoms in total. The molecule has 5 rings (SSSR count). The number of fused-ring (bicyclic) bond motifs is 1. The summed E-state index contributed by atoms with van der Waals surface area (Å²) in [5.41, 5.74) is -0.952. The third-order valence-corrected chi connectivity index (χ3v) is 7.02. The molecular weight excluding hydrogens is 562 g/mol. The van der Waals surface area contributed by atoms with Crippen LogP contribution in [0.5, 0.6) is 11.6 Å². The van der Waals surface area contributed by atoms with Gasteiger partial charge < -0.3 is 24.6 Å². The maximum absolute atomic E-state index is 13.6. The van der Waals surface area contributed by atoms with E-state index in [1.807, 2.05) is 0 Å². The van der Waals surface area contributed by atoms with Crippen molar-refractivity contribution in [2.24, 2.45) is 0 Å². The highest BCUT2D eigenvalue weighted by Gasteiger charge is 2.36. The van der Waals surface area contributed by atoms with Gasteiger partial charge in [-0.1, -0.05) is 11.6 Å². The van der Waals surface area contributed by atoms with Gasteiger partial charge in [0, 0.05) is 18.7 Å². The average Bonchev–Trinajstić information content (AvgIpc) is 2.94. The highest BCUT2D eigenvalue weighted by atomic mass is 35.5. The van der Waals surface area contributed by atoms with Gasteiger partial charge in [0.2, 0.25) is 5.88 Å². The zero-order valence-electron chi connectivity index (χ0n) is 20.9. The summed E-state index contributed by atoms with van der Waals surface area (Å²) in [6, 6.07) is 1.96. The van der Waals surface area contributed by atoms with Gasteiger partial charge in [-0.25, -0.2) is 9.37 Å². The van der Waals surface area contributed by atoms with E-state index in [4.69, 9.17) is 21.1 Å². The molecule has 2 unspecified atom stereocenters. The van der Waals surface area contributed by atoms with Crippen LogP contribution in [-0.2, 0) is 23.9 Å². The molecule has 0 aliphatic carbocycles. The normalized spacial score (nSPS) is 18.4. The van der Waals surface area contributed by atoms with Gasteiger partial charge in [0.05, 0.1) is 30.7 Å². The molecule has 1 aromatic carbocycles. The zero-order valence-corrected chi connectivity index (χ0v) is 21.6. The van der Waals surface area contributed by atoms with Gasteiger partial charge in [0.1, 0.15) is 28.3 Å². The van der Waals surface area contributed by atoms with E-state index in [0.29, 0.717) is 30.3 Å². The van der Waals surface area contributed by atoms with E-state index < -0.39 is 47.8 Å². The molecule has 2 N–H and O–H groups in total. The molecular formula is C25H24ClF4N5O5. The number of nitrogens with zero attached hydrogens (tertiary/aromatic N) is 5. The Morgan fingerprint density at radius 1 is 1.25 bits per heavy atom. The van der Waals surface area contributed by atoms with Crippen molar-refractivity contribution in [1.29, 1.82) is 0 Å². The van der Waals surface area contributed by atoms with Gasteiger partial charge in [-0.15, -0.1) is 0 Å². The summed E-state index contributed by atoms with van der Waals surface area (Å²) in [4.78, 5) is 23.1. The number of aromatic nitrogens is 4. The SMILES string of the molecule is O=c1c(Cl)c(N2CCc3c(nc(C(O)CO)nc3Oc3ccc(F)cc3C(F)(F)F)C2)cnn1C1CCCCO1. The molecule has 2 aromatic heterocycles. The van der Waals surface area contributed by atoms with E-state index in [2.05, 4.69) is 15.1 Å². The fourth-order valence-corrected chi connectivity index (χ4v) is 4.89. The van der Waals surface area contributed by atoms with E-state index in [0.717, 1.165) is 25.0 Å². The number of alkyl halides is 3. The fourth-order valence-electron chi connectivity index (χ4n) is 4.63. The molecule has 40 heavy (non-hydrogen) atoms. The molecule has 4 heterocycles. The summed E-state index contributed by atoms with van der Waals surface area (Å²) in [6.45, 7) is 0.00767. The second kappa shape index (κ2) is 11.3. The standard InChI is InChI=1S/C25H24ClF4N5O5/c26-21-17(10-31-35(24(21)38)20-3-1-2-8-39-20)34-7-6-14-16(11-34)32-22(18(37)12-36)33-23(14)40-19-5-4-13(27)9-15(19)25(28,29)30/h4-5,9-10,18,20,36-37H,1-3,6-8,11-12H2. The van der Waals surface area contributed by atoms with Gasteiger partial charge in [-0.2, -0.15) is 27.9 Å². The van der Waals surface area contributed by atoms with Crippen LogP contribution in [0, 0.1) is 5.82 Å². The maximum atomic E-state index is 13.6. The van der Waals surface area contributed by atoms with Crippen LogP contribution >= 0.6 is 11.6 Å². The van der Waals surface area contributed by atoms with Crippen LogP contribution in [0.25, 0.3) is 0 Å². The number of anilines is 1. The lowest BCUT2D eigenvalue weighted by Crippen LogP contribution is -2.36. The molecule has 2 atom stereocenters. The summed E-state index contributed by atoms with van der Waals surface area (Å²) in [7, 11) is 0. The summed E-state index contributed by atoms with van der Waals surface area (Å²) < 4.78 is 66.7. The third kappa shape index (κ3) is 5.61. The van der Waals surface area contributed by atoms with Crippen molar-refractivity contribution in [2.75, 3.05) is 24.7 Å². The molecule has 0 amide bonds. The number of aliphatic hydroxyl groups is 2. The van der Waals surface area contributed by atoms with Crippen LogP contribution in [0.4, 0.5) is 23.2 Å². The van der Waals surface area contributed by atoms with Gasteiger partial charge >= 0.3 is 6.18 Å². The van der Waals surface area contributed by atoms with Gasteiger partial charge in [0.15, 0.2) is 12.1 Å². The van der Waals surface area contributed by atoms with Crippen LogP contribution in [0.3, 0.4) is 0 Å². The summed E-state index contributed by atoms with van der Waals surface area (Å²) >= 11 is 6.46. The van der Waals surface area contributed by atoms with E-state index in [-0.39, 0.29) is 41.9 Å². The number of benzene rings is 1. The van der Waals surface area contributed by atoms with Crippen molar-refractivity contribution >= 4 is 17.3 Å². The molecule has 0 bridgehead atoms. The lowest BCUT2D eigenvalue weighted by molar-refractivity contribution is -0.138. The first-order chi connectivity index (χ1) is 19.1. The fraction of sp³-hybridized carbons (Fsp3) is 0.440. The molecule has 2 aliphatic heterocycles. The number of hydrogen-bond donors (Lipinski definition) is 2. The minimum absolute atomic E-state index is 0.0136. The first-order valence-corrected chi connectivity index (χ1v) is 12.8. The summed E-state index contributed by atoms with van der Waals surface area (Å²) in [6.07, 6.45) is -2.99. The van der Waals surface area contributed by atoms with E-state index in [1.165, 1.54) is 10.9 Å². The molecule has 1 saturated heterocycles. The predicted octanol–water partition coefficient (Wildman–Crippen LogP) is 3.92. The topological polar surface area (TPSA) is 123 Å². The third-order valence-electron chi connectivity index (χ3n) is 6.66. The first kappa shape index (κ1) is 28.2. The number of ether oxygens (including phenoxy) is 2. The van der Waals surface area contributed by atoms with Crippen molar-refractivity contribution in [3.8, 4) is 11.6 Å².